The lowest BCUT2D eigenvalue weighted by molar-refractivity contribution is -0.241. The van der Waals surface area contributed by atoms with Gasteiger partial charge in [-0.15, -0.1) is 23.3 Å². The predicted octanol–water partition coefficient (Wildman–Crippen LogP) is 0.713. The number of rotatable bonds is 4. The van der Waals surface area contributed by atoms with Gasteiger partial charge in [0.2, 0.25) is 11.9 Å². The van der Waals surface area contributed by atoms with E-state index in [1.54, 1.807) is 6.92 Å². The first-order chi connectivity index (χ1) is 6.79. The van der Waals surface area contributed by atoms with E-state index in [2.05, 4.69) is 5.10 Å². The Balaban J connectivity index is 4.65. The van der Waals surface area contributed by atoms with E-state index >= 15 is 0 Å². The Morgan fingerprint density at radius 2 is 1.93 bits per heavy atom. The molecule has 4 N–H and O–H groups in total. The van der Waals surface area contributed by atoms with Crippen molar-refractivity contribution in [2.45, 2.75) is 32.5 Å². The smallest absolute Gasteiger partial charge is 0.369 e. The second kappa shape index (κ2) is 5.42. The molecule has 0 unspecified atom stereocenters. The van der Waals surface area contributed by atoms with Crippen LogP contribution in [0.2, 0.25) is 0 Å². The molecule has 0 bridgehead atoms. The van der Waals surface area contributed by atoms with Crippen LogP contribution in [-0.4, -0.2) is 23.2 Å². The minimum atomic E-state index is -4.89. The third kappa shape index (κ3) is 5.08. The Morgan fingerprint density at radius 1 is 1.40 bits per heavy atom. The summed E-state index contributed by atoms with van der Waals surface area (Å²) in [6.45, 7) is 1.76. The van der Waals surface area contributed by atoms with Gasteiger partial charge in [0.1, 0.15) is 0 Å². The first-order valence-corrected chi connectivity index (χ1v) is 4.28. The molecule has 0 heterocycles. The number of halogens is 3. The monoisotopic (exact) mass is 226 g/mol. The molecule has 0 rings (SSSR count). The number of hydrazone groups is 1. The van der Waals surface area contributed by atoms with Crippen LogP contribution in [0.5, 0.6) is 0 Å². The van der Waals surface area contributed by atoms with E-state index in [0.29, 0.717) is 12.8 Å². The third-order valence-electron chi connectivity index (χ3n) is 1.44. The van der Waals surface area contributed by atoms with E-state index in [0.717, 1.165) is 0 Å². The van der Waals surface area contributed by atoms with Crippen molar-refractivity contribution < 1.29 is 18.0 Å². The molecule has 0 spiro atoms. The standard InChI is InChI=1S/C7H13F3N4O/c1-2-3-4-5(15)14(7(8,9)10)13-6(11)12/h2-4H2,1H3,(H4,11,12,13). The fourth-order valence-electron chi connectivity index (χ4n) is 0.803. The molecule has 0 fully saturated rings. The number of alkyl halides is 3. The van der Waals surface area contributed by atoms with Crippen LogP contribution in [0, 0.1) is 0 Å². The molecule has 5 nitrogen and oxygen atoms in total. The maximum atomic E-state index is 12.2. The summed E-state index contributed by atoms with van der Waals surface area (Å²) >= 11 is 0. The predicted molar refractivity (Wildman–Crippen MR) is 48.2 cm³/mol. The van der Waals surface area contributed by atoms with Crippen molar-refractivity contribution in [2.24, 2.45) is 16.6 Å². The molecule has 1 amide bonds. The van der Waals surface area contributed by atoms with Gasteiger partial charge in [0, 0.05) is 6.42 Å². The normalized spacial score (nSPS) is 10.9. The van der Waals surface area contributed by atoms with Crippen LogP contribution in [0.25, 0.3) is 0 Å². The molecule has 8 heteroatoms. The molecular weight excluding hydrogens is 213 g/mol. The summed E-state index contributed by atoms with van der Waals surface area (Å²) in [4.78, 5) is 11.1. The molecule has 0 aliphatic carbocycles. The number of nitrogens with two attached hydrogens (primary N) is 2. The van der Waals surface area contributed by atoms with Crippen LogP contribution < -0.4 is 11.5 Å². The topological polar surface area (TPSA) is 84.7 Å². The van der Waals surface area contributed by atoms with E-state index in [1.165, 1.54) is 0 Å². The SMILES string of the molecule is CCCCC(=O)N(N=C(N)N)C(F)(F)F. The number of amides is 1. The minimum absolute atomic E-state index is 0.243. The van der Waals surface area contributed by atoms with Crippen LogP contribution in [-0.2, 0) is 4.79 Å². The zero-order valence-corrected chi connectivity index (χ0v) is 8.21. The Morgan fingerprint density at radius 3 is 2.27 bits per heavy atom. The number of nitrogens with zero attached hydrogens (tertiary/aromatic N) is 2. The summed E-state index contributed by atoms with van der Waals surface area (Å²) in [5, 5.41) is 2.09. The summed E-state index contributed by atoms with van der Waals surface area (Å²) in [5.41, 5.74) is 9.58. The average molecular weight is 226 g/mol. The lowest BCUT2D eigenvalue weighted by Crippen LogP contribution is -2.41. The van der Waals surface area contributed by atoms with Crippen molar-refractivity contribution in [2.75, 3.05) is 0 Å². The highest BCUT2D eigenvalue weighted by Gasteiger charge is 2.41. The van der Waals surface area contributed by atoms with E-state index in [1.807, 2.05) is 0 Å². The molecule has 0 saturated carbocycles. The summed E-state index contributed by atoms with van der Waals surface area (Å²) in [6, 6.07) is 0. The van der Waals surface area contributed by atoms with Crippen LogP contribution in [0.3, 0.4) is 0 Å². The van der Waals surface area contributed by atoms with Crippen LogP contribution in [0.1, 0.15) is 26.2 Å². The van der Waals surface area contributed by atoms with E-state index in [9.17, 15) is 18.0 Å². The molecule has 15 heavy (non-hydrogen) atoms. The zero-order chi connectivity index (χ0) is 12.1. The average Bonchev–Trinajstić information content (AvgIpc) is 2.08. The second-order valence-corrected chi connectivity index (χ2v) is 2.80. The lowest BCUT2D eigenvalue weighted by Gasteiger charge is -2.19. The Bertz CT molecular complexity index is 247. The fraction of sp³-hybridized carbons (Fsp3) is 0.714. The second-order valence-electron chi connectivity index (χ2n) is 2.80. The highest BCUT2D eigenvalue weighted by Crippen LogP contribution is 2.22. The number of unbranched alkanes of at least 4 members (excludes halogenated alkanes) is 1. The molecule has 0 atom stereocenters. The van der Waals surface area contributed by atoms with Crippen molar-refractivity contribution in [1.29, 1.82) is 0 Å². The van der Waals surface area contributed by atoms with Crippen LogP contribution >= 0.6 is 0 Å². The van der Waals surface area contributed by atoms with Gasteiger partial charge in [-0.3, -0.25) is 4.79 Å². The van der Waals surface area contributed by atoms with Crippen molar-refractivity contribution in [1.82, 2.24) is 5.01 Å². The molecule has 0 aromatic rings. The molecule has 0 aliphatic rings. The van der Waals surface area contributed by atoms with E-state index in [4.69, 9.17) is 11.5 Å². The van der Waals surface area contributed by atoms with Gasteiger partial charge in [-0.2, -0.15) is 0 Å². The van der Waals surface area contributed by atoms with E-state index in [-0.39, 0.29) is 6.42 Å². The maximum absolute atomic E-state index is 12.2. The largest absolute Gasteiger partial charge is 0.507 e. The first kappa shape index (κ1) is 13.5. The fourth-order valence-corrected chi connectivity index (χ4v) is 0.803. The van der Waals surface area contributed by atoms with Gasteiger partial charge in [-0.05, 0) is 6.42 Å². The molecular formula is C7H13F3N4O. The number of hydrogen-bond acceptors (Lipinski definition) is 2. The third-order valence-corrected chi connectivity index (χ3v) is 1.44. The minimum Gasteiger partial charge on any atom is -0.369 e. The number of hydrogen-bond donors (Lipinski definition) is 2. The van der Waals surface area contributed by atoms with Gasteiger partial charge in [-0.25, -0.2) is 0 Å². The van der Waals surface area contributed by atoms with Gasteiger partial charge in [0.25, 0.3) is 0 Å². The zero-order valence-electron chi connectivity index (χ0n) is 8.21. The van der Waals surface area contributed by atoms with Crippen LogP contribution in [0.4, 0.5) is 13.2 Å². The number of carbonyl (C=O) groups is 1. The van der Waals surface area contributed by atoms with Crippen molar-refractivity contribution in [3.63, 3.8) is 0 Å². The van der Waals surface area contributed by atoms with Crippen molar-refractivity contribution in [3.05, 3.63) is 0 Å². The van der Waals surface area contributed by atoms with Gasteiger partial charge in [-0.1, -0.05) is 13.3 Å². The maximum Gasteiger partial charge on any atom is 0.507 e. The number of guanidine groups is 1. The highest BCUT2D eigenvalue weighted by atomic mass is 19.4. The summed E-state index contributed by atoms with van der Waals surface area (Å²) in [6.07, 6.45) is -4.17. The Labute approximate surface area is 84.9 Å². The molecule has 0 aliphatic heterocycles. The first-order valence-electron chi connectivity index (χ1n) is 4.28. The number of carbonyl (C=O) groups excluding carboxylic acids is 1. The van der Waals surface area contributed by atoms with Crippen molar-refractivity contribution in [3.8, 4) is 0 Å². The summed E-state index contributed by atoms with van der Waals surface area (Å²) < 4.78 is 36.7. The Kier molecular flexibility index (Phi) is 4.89. The summed E-state index contributed by atoms with van der Waals surface area (Å²) in [7, 11) is 0. The van der Waals surface area contributed by atoms with Gasteiger partial charge < -0.3 is 11.5 Å². The quantitative estimate of drug-likeness (QED) is 0.320. The molecule has 0 radical (unpaired) electrons. The summed E-state index contributed by atoms with van der Waals surface area (Å²) in [5.74, 6) is -1.98. The molecule has 0 aromatic carbocycles. The van der Waals surface area contributed by atoms with Gasteiger partial charge in [0.05, 0.1) is 0 Å². The van der Waals surface area contributed by atoms with Gasteiger partial charge >= 0.3 is 6.30 Å². The lowest BCUT2D eigenvalue weighted by atomic mass is 10.2. The van der Waals surface area contributed by atoms with Gasteiger partial charge in [0.15, 0.2) is 0 Å². The molecule has 88 valence electrons. The Hall–Kier alpha value is -1.47. The molecule has 0 saturated heterocycles. The molecule has 0 aromatic heterocycles. The van der Waals surface area contributed by atoms with Crippen LogP contribution in [0.15, 0.2) is 5.10 Å². The van der Waals surface area contributed by atoms with Crippen molar-refractivity contribution >= 4 is 11.9 Å². The highest BCUT2D eigenvalue weighted by molar-refractivity contribution is 5.80. The van der Waals surface area contributed by atoms with E-state index < -0.39 is 23.2 Å².